The Morgan fingerprint density at radius 3 is 3.05 bits per heavy atom. The summed E-state index contributed by atoms with van der Waals surface area (Å²) in [5.41, 5.74) is 8.53. The molecule has 112 valence electrons. The zero-order chi connectivity index (χ0) is 14.2. The molecule has 0 amide bonds. The third-order valence-corrected chi connectivity index (χ3v) is 5.50. The minimum atomic E-state index is 0.518. The van der Waals surface area contributed by atoms with Gasteiger partial charge in [-0.1, -0.05) is 5.16 Å². The Hall–Kier alpha value is -1.40. The molecular weight excluding hydrogens is 286 g/mol. The second-order valence-electron chi connectivity index (χ2n) is 5.90. The van der Waals surface area contributed by atoms with Crippen LogP contribution in [0.2, 0.25) is 0 Å². The molecule has 1 aliphatic carbocycles. The number of nitrogen functional groups attached to an aromatic ring is 1. The van der Waals surface area contributed by atoms with Crippen LogP contribution in [0.4, 0.5) is 5.00 Å². The Morgan fingerprint density at radius 2 is 2.19 bits per heavy atom. The number of anilines is 1. The van der Waals surface area contributed by atoms with Gasteiger partial charge >= 0.3 is 0 Å². The maximum absolute atomic E-state index is 6.20. The molecule has 1 atom stereocenters. The highest BCUT2D eigenvalue weighted by atomic mass is 32.1. The van der Waals surface area contributed by atoms with Gasteiger partial charge in [-0.25, -0.2) is 0 Å². The minimum absolute atomic E-state index is 0.518. The van der Waals surface area contributed by atoms with Crippen LogP contribution in [0.25, 0.3) is 11.5 Å². The molecule has 5 nitrogen and oxygen atoms in total. The molecule has 2 aliphatic rings. The molecule has 2 aromatic heterocycles. The third-order valence-electron chi connectivity index (χ3n) is 4.38. The fourth-order valence-electron chi connectivity index (χ4n) is 3.26. The SMILES string of the molecule is Nc1sc2c(c1-c1nc(CC3CCOC3)no1)CCCC2. The summed E-state index contributed by atoms with van der Waals surface area (Å²) in [4.78, 5) is 5.98. The van der Waals surface area contributed by atoms with Crippen molar-refractivity contribution in [1.29, 1.82) is 0 Å². The first kappa shape index (κ1) is 13.3. The Bertz CT molecular complexity index is 643. The molecule has 1 saturated heterocycles. The topological polar surface area (TPSA) is 74.2 Å². The second kappa shape index (κ2) is 5.42. The first-order valence-corrected chi connectivity index (χ1v) is 8.43. The molecule has 1 unspecified atom stereocenters. The van der Waals surface area contributed by atoms with Crippen LogP contribution in [0.5, 0.6) is 0 Å². The third kappa shape index (κ3) is 2.46. The van der Waals surface area contributed by atoms with Gasteiger partial charge in [-0.05, 0) is 43.6 Å². The average molecular weight is 305 g/mol. The van der Waals surface area contributed by atoms with Crippen molar-refractivity contribution < 1.29 is 9.26 Å². The van der Waals surface area contributed by atoms with E-state index < -0.39 is 0 Å². The van der Waals surface area contributed by atoms with Gasteiger partial charge in [0, 0.05) is 24.5 Å². The van der Waals surface area contributed by atoms with Gasteiger partial charge in [0.05, 0.1) is 10.6 Å². The van der Waals surface area contributed by atoms with Gasteiger partial charge < -0.3 is 15.0 Å². The molecule has 0 radical (unpaired) electrons. The van der Waals surface area contributed by atoms with Crippen molar-refractivity contribution in [2.24, 2.45) is 5.92 Å². The lowest BCUT2D eigenvalue weighted by molar-refractivity contribution is 0.185. The molecule has 4 rings (SSSR count). The Labute approximate surface area is 127 Å². The molecule has 2 N–H and O–H groups in total. The molecule has 1 fully saturated rings. The summed E-state index contributed by atoms with van der Waals surface area (Å²) < 4.78 is 10.9. The molecule has 0 saturated carbocycles. The summed E-state index contributed by atoms with van der Waals surface area (Å²) in [5.74, 6) is 1.89. The van der Waals surface area contributed by atoms with E-state index in [1.807, 2.05) is 0 Å². The lowest BCUT2D eigenvalue weighted by Gasteiger charge is -2.10. The normalized spacial score (nSPS) is 21.6. The number of aromatic nitrogens is 2. The summed E-state index contributed by atoms with van der Waals surface area (Å²) >= 11 is 1.68. The van der Waals surface area contributed by atoms with Crippen molar-refractivity contribution in [3.63, 3.8) is 0 Å². The van der Waals surface area contributed by atoms with Crippen molar-refractivity contribution in [3.05, 3.63) is 16.3 Å². The summed E-state index contributed by atoms with van der Waals surface area (Å²) in [6.45, 7) is 1.65. The molecule has 0 bridgehead atoms. The molecular formula is C15H19N3O2S. The first-order chi connectivity index (χ1) is 10.3. The van der Waals surface area contributed by atoms with E-state index in [9.17, 15) is 0 Å². The van der Waals surface area contributed by atoms with Crippen LogP contribution in [0.15, 0.2) is 4.52 Å². The predicted octanol–water partition coefficient (Wildman–Crippen LogP) is 2.84. The second-order valence-corrected chi connectivity index (χ2v) is 7.04. The van der Waals surface area contributed by atoms with Crippen molar-refractivity contribution in [3.8, 4) is 11.5 Å². The summed E-state index contributed by atoms with van der Waals surface area (Å²) in [5, 5.41) is 4.95. The first-order valence-electron chi connectivity index (χ1n) is 7.62. The van der Waals surface area contributed by atoms with Crippen molar-refractivity contribution in [2.75, 3.05) is 18.9 Å². The van der Waals surface area contributed by atoms with Gasteiger partial charge in [-0.3, -0.25) is 0 Å². The van der Waals surface area contributed by atoms with Crippen molar-refractivity contribution >= 4 is 16.3 Å². The highest BCUT2D eigenvalue weighted by molar-refractivity contribution is 7.16. The molecule has 6 heteroatoms. The number of hydrogen-bond acceptors (Lipinski definition) is 6. The Balaban J connectivity index is 1.61. The van der Waals surface area contributed by atoms with Gasteiger partial charge in [0.15, 0.2) is 5.82 Å². The van der Waals surface area contributed by atoms with E-state index in [1.54, 1.807) is 11.3 Å². The molecule has 21 heavy (non-hydrogen) atoms. The van der Waals surface area contributed by atoms with Crippen LogP contribution >= 0.6 is 11.3 Å². The highest BCUT2D eigenvalue weighted by Gasteiger charge is 2.25. The quantitative estimate of drug-likeness (QED) is 0.944. The lowest BCUT2D eigenvalue weighted by atomic mass is 9.95. The molecule has 3 heterocycles. The number of ether oxygens (including phenoxy) is 1. The van der Waals surface area contributed by atoms with Crippen LogP contribution < -0.4 is 5.73 Å². The smallest absolute Gasteiger partial charge is 0.261 e. The van der Waals surface area contributed by atoms with E-state index in [0.29, 0.717) is 11.8 Å². The van der Waals surface area contributed by atoms with E-state index in [0.717, 1.165) is 55.3 Å². The van der Waals surface area contributed by atoms with Crippen molar-refractivity contribution in [1.82, 2.24) is 10.1 Å². The van der Waals surface area contributed by atoms with E-state index in [-0.39, 0.29) is 0 Å². The lowest BCUT2D eigenvalue weighted by Crippen LogP contribution is -2.05. The highest BCUT2D eigenvalue weighted by Crippen LogP contribution is 2.41. The van der Waals surface area contributed by atoms with Crippen LogP contribution in [0, 0.1) is 5.92 Å². The number of nitrogens with two attached hydrogens (primary N) is 1. The number of rotatable bonds is 3. The van der Waals surface area contributed by atoms with Crippen molar-refractivity contribution in [2.45, 2.75) is 38.5 Å². The van der Waals surface area contributed by atoms with Crippen LogP contribution in [-0.2, 0) is 24.0 Å². The summed E-state index contributed by atoms with van der Waals surface area (Å²) in [7, 11) is 0. The maximum Gasteiger partial charge on any atom is 0.261 e. The average Bonchev–Trinajstić information content (AvgIpc) is 3.18. The van der Waals surface area contributed by atoms with Gasteiger partial charge in [-0.15, -0.1) is 11.3 Å². The van der Waals surface area contributed by atoms with Gasteiger partial charge in [0.25, 0.3) is 5.89 Å². The minimum Gasteiger partial charge on any atom is -0.390 e. The largest absolute Gasteiger partial charge is 0.390 e. The Morgan fingerprint density at radius 1 is 1.29 bits per heavy atom. The molecule has 0 spiro atoms. The number of hydrogen-bond donors (Lipinski definition) is 1. The van der Waals surface area contributed by atoms with Crippen LogP contribution in [0.1, 0.15) is 35.5 Å². The zero-order valence-electron chi connectivity index (χ0n) is 11.9. The van der Waals surface area contributed by atoms with Gasteiger partial charge in [0.2, 0.25) is 0 Å². The summed E-state index contributed by atoms with van der Waals surface area (Å²) in [6, 6.07) is 0. The van der Waals surface area contributed by atoms with E-state index in [1.165, 1.54) is 23.3 Å². The van der Waals surface area contributed by atoms with Gasteiger partial charge in [0.1, 0.15) is 0 Å². The number of nitrogens with zero attached hydrogens (tertiary/aromatic N) is 2. The fraction of sp³-hybridized carbons (Fsp3) is 0.600. The van der Waals surface area contributed by atoms with E-state index in [4.69, 9.17) is 15.0 Å². The number of fused-ring (bicyclic) bond motifs is 1. The van der Waals surface area contributed by atoms with Crippen LogP contribution in [0.3, 0.4) is 0 Å². The monoisotopic (exact) mass is 305 g/mol. The molecule has 2 aromatic rings. The van der Waals surface area contributed by atoms with E-state index in [2.05, 4.69) is 10.1 Å². The summed E-state index contributed by atoms with van der Waals surface area (Å²) in [6.07, 6.45) is 6.59. The standard InChI is InChI=1S/C15H19N3O2S/c16-14-13(10-3-1-2-4-11(10)21-14)15-17-12(18-20-15)7-9-5-6-19-8-9/h9H,1-8,16H2. The molecule has 1 aliphatic heterocycles. The van der Waals surface area contributed by atoms with Crippen LogP contribution in [-0.4, -0.2) is 23.4 Å². The van der Waals surface area contributed by atoms with Gasteiger partial charge in [-0.2, -0.15) is 4.98 Å². The zero-order valence-corrected chi connectivity index (χ0v) is 12.7. The molecule has 0 aromatic carbocycles. The Kier molecular flexibility index (Phi) is 3.43. The number of aryl methyl sites for hydroxylation is 1. The van der Waals surface area contributed by atoms with E-state index >= 15 is 0 Å². The predicted molar refractivity (Wildman–Crippen MR) is 81.3 cm³/mol. The maximum atomic E-state index is 6.20. The fourth-order valence-corrected chi connectivity index (χ4v) is 4.41. The number of thiophene rings is 1.